The Bertz CT molecular complexity index is 830. The van der Waals surface area contributed by atoms with E-state index in [2.05, 4.69) is 10.3 Å². The predicted molar refractivity (Wildman–Crippen MR) is 105 cm³/mol. The number of halogens is 2. The fraction of sp³-hybridized carbons (Fsp3) is 0.278. The van der Waals surface area contributed by atoms with Gasteiger partial charge in [0.2, 0.25) is 5.91 Å². The number of carbonyl (C=O) groups is 2. The largest absolute Gasteiger partial charge is 0.327 e. The van der Waals surface area contributed by atoms with Crippen LogP contribution in [0.2, 0.25) is 10.0 Å². The third-order valence-corrected chi connectivity index (χ3v) is 5.41. The molecule has 1 fully saturated rings. The molecule has 2 heterocycles. The van der Waals surface area contributed by atoms with E-state index in [1.807, 2.05) is 12.3 Å². The lowest BCUT2D eigenvalue weighted by Gasteiger charge is -2.24. The lowest BCUT2D eigenvalue weighted by Crippen LogP contribution is -2.43. The molecule has 1 aliphatic heterocycles. The number of amides is 2. The lowest BCUT2D eigenvalue weighted by atomic mass is 10.1. The molecule has 136 valence electrons. The van der Waals surface area contributed by atoms with Crippen LogP contribution in [0.5, 0.6) is 0 Å². The highest BCUT2D eigenvalue weighted by Gasteiger charge is 2.35. The van der Waals surface area contributed by atoms with Gasteiger partial charge in [-0.15, -0.1) is 11.8 Å². The summed E-state index contributed by atoms with van der Waals surface area (Å²) in [6.07, 6.45) is 4.90. The highest BCUT2D eigenvalue weighted by atomic mass is 35.5. The molecule has 1 aromatic carbocycles. The summed E-state index contributed by atoms with van der Waals surface area (Å²) in [6, 6.07) is 7.83. The highest BCUT2D eigenvalue weighted by molar-refractivity contribution is 7.98. The quantitative estimate of drug-likeness (QED) is 0.762. The first-order valence-corrected chi connectivity index (χ1v) is 10.0. The number of anilines is 1. The first-order valence-electron chi connectivity index (χ1n) is 8.06. The van der Waals surface area contributed by atoms with Gasteiger partial charge in [-0.1, -0.05) is 23.2 Å². The fourth-order valence-corrected chi connectivity index (χ4v) is 3.63. The molecule has 0 spiro atoms. The monoisotopic (exact) mass is 409 g/mol. The first kappa shape index (κ1) is 19.0. The molecule has 1 N–H and O–H groups in total. The topological polar surface area (TPSA) is 62.3 Å². The van der Waals surface area contributed by atoms with Crippen molar-refractivity contribution in [2.45, 2.75) is 23.9 Å². The molecule has 1 atom stereocenters. The van der Waals surface area contributed by atoms with Crippen molar-refractivity contribution in [1.82, 2.24) is 9.88 Å². The molecular weight excluding hydrogens is 393 g/mol. The Kier molecular flexibility index (Phi) is 6.06. The van der Waals surface area contributed by atoms with E-state index in [4.69, 9.17) is 23.2 Å². The Morgan fingerprint density at radius 1 is 1.27 bits per heavy atom. The van der Waals surface area contributed by atoms with Gasteiger partial charge in [0, 0.05) is 11.6 Å². The molecular formula is C18H17Cl2N3O2S. The maximum Gasteiger partial charge on any atom is 0.256 e. The second kappa shape index (κ2) is 8.29. The van der Waals surface area contributed by atoms with E-state index in [0.717, 1.165) is 11.4 Å². The molecule has 1 aliphatic rings. The summed E-state index contributed by atoms with van der Waals surface area (Å²) in [7, 11) is 0. The smallest absolute Gasteiger partial charge is 0.256 e. The number of hydrogen-bond acceptors (Lipinski definition) is 4. The molecule has 2 aromatic rings. The summed E-state index contributed by atoms with van der Waals surface area (Å²) in [6.45, 7) is 0.503. The van der Waals surface area contributed by atoms with Crippen molar-refractivity contribution in [3.63, 3.8) is 0 Å². The molecule has 0 bridgehead atoms. The van der Waals surface area contributed by atoms with Crippen LogP contribution in [0.25, 0.3) is 0 Å². The number of carbonyl (C=O) groups excluding carboxylic acids is 2. The van der Waals surface area contributed by atoms with Crippen LogP contribution in [-0.2, 0) is 4.79 Å². The summed E-state index contributed by atoms with van der Waals surface area (Å²) in [5.41, 5.74) is 0.915. The van der Waals surface area contributed by atoms with Gasteiger partial charge < -0.3 is 10.2 Å². The molecule has 1 saturated heterocycles. The molecule has 1 aromatic heterocycles. The number of nitrogens with one attached hydrogen (secondary N) is 1. The molecule has 0 radical (unpaired) electrons. The number of hydrogen-bond donors (Lipinski definition) is 1. The van der Waals surface area contributed by atoms with Gasteiger partial charge in [-0.2, -0.15) is 0 Å². The molecule has 2 amide bonds. The number of benzene rings is 1. The third kappa shape index (κ3) is 4.14. The van der Waals surface area contributed by atoms with Crippen LogP contribution in [0.4, 0.5) is 5.69 Å². The summed E-state index contributed by atoms with van der Waals surface area (Å²) in [5.74, 6) is -0.515. The Morgan fingerprint density at radius 2 is 2.08 bits per heavy atom. The van der Waals surface area contributed by atoms with Gasteiger partial charge in [-0.05, 0) is 49.4 Å². The zero-order valence-corrected chi connectivity index (χ0v) is 16.4. The molecule has 1 unspecified atom stereocenters. The number of rotatable bonds is 4. The van der Waals surface area contributed by atoms with Crippen LogP contribution < -0.4 is 5.32 Å². The first-order chi connectivity index (χ1) is 12.5. The normalized spacial score (nSPS) is 16.6. The van der Waals surface area contributed by atoms with E-state index in [1.165, 1.54) is 17.8 Å². The number of aromatic nitrogens is 1. The Hall–Kier alpha value is -1.76. The van der Waals surface area contributed by atoms with Gasteiger partial charge in [0.1, 0.15) is 6.04 Å². The van der Waals surface area contributed by atoms with Gasteiger partial charge in [0.05, 0.1) is 27.5 Å². The van der Waals surface area contributed by atoms with Crippen molar-refractivity contribution >= 4 is 52.5 Å². The van der Waals surface area contributed by atoms with E-state index in [9.17, 15) is 9.59 Å². The van der Waals surface area contributed by atoms with Gasteiger partial charge in [0.15, 0.2) is 0 Å². The number of likely N-dealkylation sites (tertiary alicyclic amines) is 1. The Morgan fingerprint density at radius 3 is 2.77 bits per heavy atom. The second-order valence-electron chi connectivity index (χ2n) is 5.86. The maximum absolute atomic E-state index is 12.9. The van der Waals surface area contributed by atoms with Crippen molar-refractivity contribution < 1.29 is 9.59 Å². The Labute approximate surface area is 166 Å². The minimum Gasteiger partial charge on any atom is -0.327 e. The molecule has 0 aliphatic carbocycles. The minimum atomic E-state index is -0.544. The van der Waals surface area contributed by atoms with Crippen molar-refractivity contribution in [2.24, 2.45) is 0 Å². The number of thioether (sulfide) groups is 1. The maximum atomic E-state index is 12.9. The van der Waals surface area contributed by atoms with Crippen molar-refractivity contribution in [3.8, 4) is 0 Å². The van der Waals surface area contributed by atoms with Crippen LogP contribution in [0, 0.1) is 0 Å². The van der Waals surface area contributed by atoms with Gasteiger partial charge in [-0.3, -0.25) is 9.59 Å². The summed E-state index contributed by atoms with van der Waals surface area (Å²) in [4.78, 5) is 31.3. The fourth-order valence-electron chi connectivity index (χ4n) is 2.90. The SMILES string of the molecule is CSc1ccc(NC(=O)C2CCCN2C(=O)c2cc(Cl)ccc2Cl)cn1. The van der Waals surface area contributed by atoms with Crippen LogP contribution in [0.1, 0.15) is 23.2 Å². The summed E-state index contributed by atoms with van der Waals surface area (Å²) < 4.78 is 0. The second-order valence-corrected chi connectivity index (χ2v) is 7.53. The summed E-state index contributed by atoms with van der Waals surface area (Å²) >= 11 is 13.6. The standard InChI is InChI=1S/C18H17Cl2N3O2S/c1-26-16-7-5-12(10-21-16)22-17(24)15-3-2-8-23(15)18(25)13-9-11(19)4-6-14(13)20/h4-7,9-10,15H,2-3,8H2,1H3,(H,22,24). The number of nitrogens with zero attached hydrogens (tertiary/aromatic N) is 2. The lowest BCUT2D eigenvalue weighted by molar-refractivity contribution is -0.119. The van der Waals surface area contributed by atoms with Crippen molar-refractivity contribution in [1.29, 1.82) is 0 Å². The summed E-state index contributed by atoms with van der Waals surface area (Å²) in [5, 5.41) is 4.46. The van der Waals surface area contributed by atoms with E-state index in [0.29, 0.717) is 34.3 Å². The number of pyridine rings is 1. The van der Waals surface area contributed by atoms with Crippen LogP contribution in [0.3, 0.4) is 0 Å². The molecule has 3 rings (SSSR count). The predicted octanol–water partition coefficient (Wildman–Crippen LogP) is 4.35. The average molecular weight is 410 g/mol. The van der Waals surface area contributed by atoms with Crippen molar-refractivity contribution in [3.05, 3.63) is 52.1 Å². The van der Waals surface area contributed by atoms with Gasteiger partial charge in [-0.25, -0.2) is 4.98 Å². The minimum absolute atomic E-state index is 0.229. The van der Waals surface area contributed by atoms with E-state index in [1.54, 1.807) is 29.3 Å². The van der Waals surface area contributed by atoms with E-state index in [-0.39, 0.29) is 11.8 Å². The molecule has 26 heavy (non-hydrogen) atoms. The van der Waals surface area contributed by atoms with E-state index >= 15 is 0 Å². The van der Waals surface area contributed by atoms with Gasteiger partial charge >= 0.3 is 0 Å². The molecule has 0 saturated carbocycles. The van der Waals surface area contributed by atoms with E-state index < -0.39 is 6.04 Å². The Balaban J connectivity index is 1.75. The van der Waals surface area contributed by atoms with Crippen LogP contribution in [-0.4, -0.2) is 40.5 Å². The van der Waals surface area contributed by atoms with Crippen LogP contribution in [0.15, 0.2) is 41.6 Å². The zero-order valence-electron chi connectivity index (χ0n) is 14.0. The average Bonchev–Trinajstić information content (AvgIpc) is 3.13. The zero-order chi connectivity index (χ0) is 18.7. The third-order valence-electron chi connectivity index (χ3n) is 4.19. The highest BCUT2D eigenvalue weighted by Crippen LogP contribution is 2.27. The van der Waals surface area contributed by atoms with Crippen molar-refractivity contribution in [2.75, 3.05) is 18.1 Å². The molecule has 8 heteroatoms. The van der Waals surface area contributed by atoms with Gasteiger partial charge in [0.25, 0.3) is 5.91 Å². The molecule has 5 nitrogen and oxygen atoms in total. The van der Waals surface area contributed by atoms with Crippen LogP contribution >= 0.6 is 35.0 Å².